The number of anilines is 2. The highest BCUT2D eigenvalue weighted by Crippen LogP contribution is 2.47. The van der Waals surface area contributed by atoms with E-state index in [1.807, 2.05) is 114 Å². The second-order valence-electron chi connectivity index (χ2n) is 22.2. The van der Waals surface area contributed by atoms with Crippen molar-refractivity contribution in [3.05, 3.63) is 204 Å². The molecule has 0 saturated carbocycles. The van der Waals surface area contributed by atoms with E-state index in [0.29, 0.717) is 28.2 Å². The minimum Gasteiger partial charge on any atom is -0.457 e. The van der Waals surface area contributed by atoms with Crippen LogP contribution in [0.25, 0.3) is 82.1 Å². The van der Waals surface area contributed by atoms with Gasteiger partial charge >= 0.3 is 0 Å². The summed E-state index contributed by atoms with van der Waals surface area (Å²) < 4.78 is 101. The van der Waals surface area contributed by atoms with E-state index >= 15 is 0 Å². The van der Waals surface area contributed by atoms with E-state index in [2.05, 4.69) is 126 Å². The van der Waals surface area contributed by atoms with Crippen LogP contribution in [-0.4, -0.2) is 14.1 Å². The molecule has 1 aliphatic heterocycles. The highest BCUT2D eigenvalue weighted by Gasteiger charge is 2.28. The van der Waals surface area contributed by atoms with Gasteiger partial charge in [0.1, 0.15) is 24.0 Å². The molecule has 8 aromatic carbocycles. The summed E-state index contributed by atoms with van der Waals surface area (Å²) in [5.74, 6) is 1.02. The Balaban J connectivity index is 1.12. The molecule has 5 nitrogen and oxygen atoms in total. The van der Waals surface area contributed by atoms with E-state index in [1.54, 1.807) is 0 Å². The fourth-order valence-corrected chi connectivity index (χ4v) is 11.2. The molecular formula is C69H66N4O. The molecule has 0 saturated heterocycles. The third-order valence-electron chi connectivity index (χ3n) is 14.9. The largest absolute Gasteiger partial charge is 0.457 e. The Morgan fingerprint density at radius 2 is 1.15 bits per heavy atom. The Bertz CT molecular complexity index is 4510. The molecule has 0 spiro atoms. The lowest BCUT2D eigenvalue weighted by Gasteiger charge is -2.27. The minimum absolute atomic E-state index is 0.0875. The highest BCUT2D eigenvalue weighted by atomic mass is 16.5. The topological polar surface area (TPSA) is 35.2 Å². The lowest BCUT2D eigenvalue weighted by molar-refractivity contribution is 0.483. The molecule has 0 N–H and O–H groups in total. The number of hydrogen-bond acceptors (Lipinski definition) is 3. The van der Waals surface area contributed by atoms with Gasteiger partial charge in [0.15, 0.2) is 0 Å². The predicted octanol–water partition coefficient (Wildman–Crippen LogP) is 19.3. The van der Waals surface area contributed by atoms with Gasteiger partial charge in [-0.05, 0) is 120 Å². The Kier molecular flexibility index (Phi) is 8.67. The number of fused-ring (bicyclic) bond motifs is 10. The number of rotatable bonds is 6. The maximum absolute atomic E-state index is 9.61. The number of pyridine rings is 1. The zero-order chi connectivity index (χ0) is 59.8. The second-order valence-corrected chi connectivity index (χ2v) is 22.2. The van der Waals surface area contributed by atoms with Crippen LogP contribution in [0.4, 0.5) is 11.4 Å². The van der Waals surface area contributed by atoms with Crippen LogP contribution in [-0.2, 0) is 22.9 Å². The first-order chi connectivity index (χ1) is 39.5. The molecule has 5 heteroatoms. The van der Waals surface area contributed by atoms with Crippen LogP contribution in [0.3, 0.4) is 0 Å². The van der Waals surface area contributed by atoms with Crippen molar-refractivity contribution in [2.75, 3.05) is 4.90 Å². The van der Waals surface area contributed by atoms with E-state index in [-0.39, 0.29) is 17.6 Å². The van der Waals surface area contributed by atoms with Gasteiger partial charge in [0.25, 0.3) is 0 Å². The first-order valence-electron chi connectivity index (χ1n) is 30.5. The molecule has 0 atom stereocenters. The van der Waals surface area contributed by atoms with Crippen molar-refractivity contribution in [3.8, 4) is 28.4 Å². The summed E-state index contributed by atoms with van der Waals surface area (Å²) in [6.45, 7) is 6.00. The second kappa shape index (κ2) is 17.4. The van der Waals surface area contributed by atoms with Gasteiger partial charge < -0.3 is 14.2 Å². The van der Waals surface area contributed by atoms with Crippen molar-refractivity contribution in [3.63, 3.8) is 0 Å². The number of ether oxygens (including phenoxy) is 1. The summed E-state index contributed by atoms with van der Waals surface area (Å²) in [4.78, 5) is 7.14. The van der Waals surface area contributed by atoms with Gasteiger partial charge in [-0.3, -0.25) is 4.57 Å². The van der Waals surface area contributed by atoms with Crippen LogP contribution in [0.15, 0.2) is 182 Å². The maximum atomic E-state index is 9.61. The number of para-hydroxylation sites is 3. The molecule has 12 rings (SSSR count). The zero-order valence-corrected chi connectivity index (χ0v) is 43.2. The van der Waals surface area contributed by atoms with Crippen LogP contribution in [0.2, 0.25) is 0 Å². The SMILES string of the molecule is [2H]C(C)(C)c1cccc2c3cccc(-c4cc(C(C)(C)C)cc(C(C([2H])([2H])[2H])(C([2H])([2H])[2H])C([2H])([2H])[2H])c4)c3n3c4c(cccc4c4ccccc4c12)N(c1cccc(Oc2ccc4c5ccccc5n(-c5cc(C(C)(C)C)ccn5)c4c2)c1)C3. The standard InChI is InChI=1S/C69H66N4O/c1-43(2)51-25-17-27-57-59-28-18-26-52(44-36-46(68(6,7)8)38-47(37-44)69(9,10)11)65(59)72-42-71(61-31-19-29-58(66(61)72)53-22-12-13-24-56(53)64(51)57)48-20-16-21-49(40-48)74-50-32-33-55-54-23-14-15-30-60(54)73(62(55)41-50)63-39-45(34-35-70-63)67(3,4)5/h12-41,43H,42H2,1-11H3/i6D3,7D3,8D3,43D. The van der Waals surface area contributed by atoms with Gasteiger partial charge in [-0.25, -0.2) is 4.98 Å². The molecule has 3 aromatic heterocycles. The average Bonchev–Trinajstić information content (AvgIpc) is 0.941. The van der Waals surface area contributed by atoms with Gasteiger partial charge in [0, 0.05) is 64.8 Å². The molecule has 11 aromatic rings. The number of aromatic nitrogens is 3. The summed E-state index contributed by atoms with van der Waals surface area (Å²) >= 11 is 0. The molecular weight excluding hydrogens is 901 g/mol. The van der Waals surface area contributed by atoms with Crippen molar-refractivity contribution in [1.29, 1.82) is 0 Å². The molecule has 368 valence electrons. The summed E-state index contributed by atoms with van der Waals surface area (Å²) in [5, 5.41) is 7.53. The zero-order valence-electron chi connectivity index (χ0n) is 53.2. The third kappa shape index (κ3) is 7.96. The highest BCUT2D eigenvalue weighted by molar-refractivity contribution is 6.23. The molecule has 0 fully saturated rings. The van der Waals surface area contributed by atoms with Gasteiger partial charge in [-0.2, -0.15) is 0 Å². The van der Waals surface area contributed by atoms with Crippen molar-refractivity contribution >= 4 is 76.5 Å². The van der Waals surface area contributed by atoms with Crippen molar-refractivity contribution in [2.24, 2.45) is 0 Å². The van der Waals surface area contributed by atoms with Gasteiger partial charge in [0.2, 0.25) is 0 Å². The molecule has 0 unspecified atom stereocenters. The summed E-state index contributed by atoms with van der Waals surface area (Å²) in [5.41, 5.74) is 4.58. The normalized spacial score (nSPS) is 15.8. The van der Waals surface area contributed by atoms with Crippen LogP contribution in [0.1, 0.15) is 118 Å². The third-order valence-corrected chi connectivity index (χ3v) is 14.9. The Morgan fingerprint density at radius 3 is 1.91 bits per heavy atom. The van der Waals surface area contributed by atoms with Crippen molar-refractivity contribution in [2.45, 2.75) is 105 Å². The smallest absolute Gasteiger partial charge is 0.137 e. The fraction of sp³-hybridized carbons (Fsp3) is 0.232. The van der Waals surface area contributed by atoms with Crippen LogP contribution < -0.4 is 9.64 Å². The molecule has 0 bridgehead atoms. The van der Waals surface area contributed by atoms with E-state index in [0.717, 1.165) is 87.9 Å². The van der Waals surface area contributed by atoms with E-state index < -0.39 is 37.3 Å². The first kappa shape index (κ1) is 36.9. The number of hydrogen-bond donors (Lipinski definition) is 0. The fourth-order valence-electron chi connectivity index (χ4n) is 11.2. The monoisotopic (exact) mass is 977 g/mol. The average molecular weight is 977 g/mol. The molecule has 1 aliphatic rings. The van der Waals surface area contributed by atoms with Crippen LogP contribution >= 0.6 is 0 Å². The molecule has 0 aliphatic carbocycles. The lowest BCUT2D eigenvalue weighted by atomic mass is 9.78. The Hall–Kier alpha value is -7.89. The van der Waals surface area contributed by atoms with E-state index in [1.165, 1.54) is 17.7 Å². The molecule has 0 amide bonds. The van der Waals surface area contributed by atoms with Crippen molar-refractivity contribution < 1.29 is 18.4 Å². The molecule has 0 radical (unpaired) electrons. The lowest BCUT2D eigenvalue weighted by Crippen LogP contribution is -2.17. The first-order valence-corrected chi connectivity index (χ1v) is 25.5. The van der Waals surface area contributed by atoms with E-state index in [9.17, 15) is 1.37 Å². The quantitative estimate of drug-likeness (QED) is 0.167. The van der Waals surface area contributed by atoms with Gasteiger partial charge in [0.05, 0.1) is 27.8 Å². The van der Waals surface area contributed by atoms with Crippen molar-refractivity contribution in [1.82, 2.24) is 14.1 Å². The predicted molar refractivity (Wildman–Crippen MR) is 315 cm³/mol. The Morgan fingerprint density at radius 1 is 0.527 bits per heavy atom. The van der Waals surface area contributed by atoms with Crippen LogP contribution in [0, 0.1) is 0 Å². The molecule has 4 heterocycles. The minimum atomic E-state index is -3.49. The van der Waals surface area contributed by atoms with E-state index in [4.69, 9.17) is 22.1 Å². The van der Waals surface area contributed by atoms with Gasteiger partial charge in [-0.1, -0.05) is 191 Å². The van der Waals surface area contributed by atoms with Crippen LogP contribution in [0.5, 0.6) is 11.5 Å². The molecule has 74 heavy (non-hydrogen) atoms. The number of nitrogens with zero attached hydrogens (tertiary/aromatic N) is 4. The summed E-state index contributed by atoms with van der Waals surface area (Å²) in [6, 6.07) is 58.3. The maximum Gasteiger partial charge on any atom is 0.137 e. The summed E-state index contributed by atoms with van der Waals surface area (Å²) in [7, 11) is 0. The van der Waals surface area contributed by atoms with Gasteiger partial charge in [-0.15, -0.1) is 0 Å². The number of benzene rings is 8. The summed E-state index contributed by atoms with van der Waals surface area (Å²) in [6.07, 6.45) is 1.88. The Labute approximate surface area is 450 Å².